The lowest BCUT2D eigenvalue weighted by molar-refractivity contribution is 0.159. The molecule has 0 aliphatic rings. The Bertz CT molecular complexity index is 371. The van der Waals surface area contributed by atoms with Gasteiger partial charge in [-0.3, -0.25) is 0 Å². The predicted molar refractivity (Wildman–Crippen MR) is 70.3 cm³/mol. The van der Waals surface area contributed by atoms with Crippen LogP contribution >= 0.6 is 0 Å². The van der Waals surface area contributed by atoms with E-state index in [4.69, 9.17) is 4.74 Å². The van der Waals surface area contributed by atoms with Crippen LogP contribution in [0.4, 0.5) is 4.39 Å². The molecule has 2 unspecified atom stereocenters. The molecular formula is C14H22FNO2. The maximum absolute atomic E-state index is 13.5. The molecule has 1 aromatic carbocycles. The number of nitrogens with one attached hydrogen (secondary N) is 1. The number of hydrogen-bond acceptors (Lipinski definition) is 3. The summed E-state index contributed by atoms with van der Waals surface area (Å²) >= 11 is 0. The van der Waals surface area contributed by atoms with Gasteiger partial charge in [-0.15, -0.1) is 0 Å². The minimum Gasteiger partial charge on any atom is -0.494 e. The molecule has 0 saturated heterocycles. The van der Waals surface area contributed by atoms with Crippen LogP contribution in [0.1, 0.15) is 38.3 Å². The van der Waals surface area contributed by atoms with Crippen molar-refractivity contribution in [1.29, 1.82) is 0 Å². The minimum atomic E-state index is -0.350. The summed E-state index contributed by atoms with van der Waals surface area (Å²) in [4.78, 5) is 0. The first kappa shape index (κ1) is 14.9. The standard InChI is InChI=1S/C14H22FNO2/c1-4-12(17)7-8-16-10(2)11-5-6-14(18-3)13(15)9-11/h5-6,9-10,12,16-17H,4,7-8H2,1-3H3. The number of halogens is 1. The SMILES string of the molecule is CCC(O)CCNC(C)c1ccc(OC)c(F)c1. The number of benzene rings is 1. The normalized spacial score (nSPS) is 14.3. The van der Waals surface area contributed by atoms with Gasteiger partial charge in [0.25, 0.3) is 0 Å². The summed E-state index contributed by atoms with van der Waals surface area (Å²) in [6.45, 7) is 4.64. The molecule has 4 heteroatoms. The van der Waals surface area contributed by atoms with Gasteiger partial charge in [-0.1, -0.05) is 13.0 Å². The second-order valence-corrected chi connectivity index (χ2v) is 4.42. The third-order valence-corrected chi connectivity index (χ3v) is 3.08. The number of aliphatic hydroxyl groups is 1. The Labute approximate surface area is 108 Å². The van der Waals surface area contributed by atoms with Gasteiger partial charge in [0.05, 0.1) is 13.2 Å². The maximum Gasteiger partial charge on any atom is 0.165 e. The van der Waals surface area contributed by atoms with Crippen molar-refractivity contribution in [3.8, 4) is 5.75 Å². The van der Waals surface area contributed by atoms with Crippen LogP contribution in [0, 0.1) is 5.82 Å². The smallest absolute Gasteiger partial charge is 0.165 e. The first-order chi connectivity index (χ1) is 8.58. The average molecular weight is 255 g/mol. The molecule has 2 N–H and O–H groups in total. The zero-order chi connectivity index (χ0) is 13.5. The van der Waals surface area contributed by atoms with Crippen molar-refractivity contribution >= 4 is 0 Å². The Kier molecular flexibility index (Phi) is 6.09. The third-order valence-electron chi connectivity index (χ3n) is 3.08. The van der Waals surface area contributed by atoms with Gasteiger partial charge >= 0.3 is 0 Å². The molecule has 0 amide bonds. The summed E-state index contributed by atoms with van der Waals surface area (Å²) < 4.78 is 18.4. The fourth-order valence-electron chi connectivity index (χ4n) is 1.74. The lowest BCUT2D eigenvalue weighted by Gasteiger charge is -2.16. The van der Waals surface area contributed by atoms with Crippen molar-refractivity contribution in [2.45, 2.75) is 38.8 Å². The van der Waals surface area contributed by atoms with E-state index in [-0.39, 0.29) is 23.7 Å². The number of rotatable bonds is 7. The van der Waals surface area contributed by atoms with Crippen molar-refractivity contribution < 1.29 is 14.2 Å². The zero-order valence-corrected chi connectivity index (χ0v) is 11.2. The quantitative estimate of drug-likeness (QED) is 0.787. The van der Waals surface area contributed by atoms with E-state index in [1.54, 1.807) is 6.07 Å². The molecule has 2 atom stereocenters. The molecule has 1 rings (SSSR count). The largest absolute Gasteiger partial charge is 0.494 e. The van der Waals surface area contributed by atoms with E-state index in [1.165, 1.54) is 13.2 Å². The van der Waals surface area contributed by atoms with Crippen molar-refractivity contribution in [3.63, 3.8) is 0 Å². The van der Waals surface area contributed by atoms with Crippen LogP contribution < -0.4 is 10.1 Å². The second kappa shape index (κ2) is 7.34. The Morgan fingerprint density at radius 1 is 1.44 bits per heavy atom. The first-order valence-corrected chi connectivity index (χ1v) is 6.33. The lowest BCUT2D eigenvalue weighted by Crippen LogP contribution is -2.23. The Hall–Kier alpha value is -1.13. The molecule has 0 fully saturated rings. The first-order valence-electron chi connectivity index (χ1n) is 6.33. The molecule has 0 bridgehead atoms. The number of methoxy groups -OCH3 is 1. The molecule has 0 aliphatic heterocycles. The van der Waals surface area contributed by atoms with Crippen LogP contribution in [0.15, 0.2) is 18.2 Å². The van der Waals surface area contributed by atoms with Crippen LogP contribution in [0.5, 0.6) is 5.75 Å². The topological polar surface area (TPSA) is 41.5 Å². The van der Waals surface area contributed by atoms with Crippen LogP contribution in [-0.4, -0.2) is 24.9 Å². The van der Waals surface area contributed by atoms with Gasteiger partial charge in [0.15, 0.2) is 11.6 Å². The number of hydrogen-bond donors (Lipinski definition) is 2. The zero-order valence-electron chi connectivity index (χ0n) is 11.2. The highest BCUT2D eigenvalue weighted by molar-refractivity contribution is 5.30. The van der Waals surface area contributed by atoms with Crippen molar-refractivity contribution in [2.24, 2.45) is 0 Å². The van der Waals surface area contributed by atoms with E-state index in [2.05, 4.69) is 5.32 Å². The molecular weight excluding hydrogens is 233 g/mol. The van der Waals surface area contributed by atoms with Gasteiger partial charge in [0.1, 0.15) is 0 Å². The summed E-state index contributed by atoms with van der Waals surface area (Å²) in [5, 5.41) is 12.7. The predicted octanol–water partition coefficient (Wildman–Crippen LogP) is 2.65. The van der Waals surface area contributed by atoms with Crippen molar-refractivity contribution in [1.82, 2.24) is 5.32 Å². The van der Waals surface area contributed by atoms with Crippen LogP contribution in [-0.2, 0) is 0 Å². The van der Waals surface area contributed by atoms with Gasteiger partial charge in [-0.05, 0) is 44.0 Å². The van der Waals surface area contributed by atoms with E-state index < -0.39 is 0 Å². The Balaban J connectivity index is 2.51. The summed E-state index contributed by atoms with van der Waals surface area (Å²) in [6.07, 6.45) is 1.20. The molecule has 1 aromatic rings. The van der Waals surface area contributed by atoms with Crippen LogP contribution in [0.25, 0.3) is 0 Å². The summed E-state index contributed by atoms with van der Waals surface area (Å²) in [7, 11) is 1.45. The molecule has 18 heavy (non-hydrogen) atoms. The summed E-state index contributed by atoms with van der Waals surface area (Å²) in [6, 6.07) is 5.00. The third kappa shape index (κ3) is 4.27. The summed E-state index contributed by atoms with van der Waals surface area (Å²) in [5.41, 5.74) is 0.874. The van der Waals surface area contributed by atoms with Gasteiger partial charge < -0.3 is 15.2 Å². The van der Waals surface area contributed by atoms with Gasteiger partial charge in [0, 0.05) is 6.04 Å². The van der Waals surface area contributed by atoms with Crippen LogP contribution in [0.2, 0.25) is 0 Å². The Morgan fingerprint density at radius 3 is 2.72 bits per heavy atom. The monoisotopic (exact) mass is 255 g/mol. The number of aliphatic hydroxyl groups excluding tert-OH is 1. The van der Waals surface area contributed by atoms with Gasteiger partial charge in [0.2, 0.25) is 0 Å². The van der Waals surface area contributed by atoms with E-state index in [1.807, 2.05) is 19.9 Å². The van der Waals surface area contributed by atoms with Crippen LogP contribution in [0.3, 0.4) is 0 Å². The van der Waals surface area contributed by atoms with Gasteiger partial charge in [-0.2, -0.15) is 0 Å². The molecule has 0 radical (unpaired) electrons. The van der Waals surface area contributed by atoms with Crippen molar-refractivity contribution in [3.05, 3.63) is 29.6 Å². The average Bonchev–Trinajstić information content (AvgIpc) is 2.38. The van der Waals surface area contributed by atoms with E-state index in [9.17, 15) is 9.50 Å². The number of ether oxygens (including phenoxy) is 1. The molecule has 0 aromatic heterocycles. The lowest BCUT2D eigenvalue weighted by atomic mass is 10.1. The molecule has 0 aliphatic carbocycles. The van der Waals surface area contributed by atoms with Crippen molar-refractivity contribution in [2.75, 3.05) is 13.7 Å². The highest BCUT2D eigenvalue weighted by atomic mass is 19.1. The Morgan fingerprint density at radius 2 is 2.17 bits per heavy atom. The minimum absolute atomic E-state index is 0.0504. The fraction of sp³-hybridized carbons (Fsp3) is 0.571. The second-order valence-electron chi connectivity index (χ2n) is 4.42. The molecule has 0 heterocycles. The highest BCUT2D eigenvalue weighted by Crippen LogP contribution is 2.21. The van der Waals surface area contributed by atoms with E-state index >= 15 is 0 Å². The maximum atomic E-state index is 13.5. The van der Waals surface area contributed by atoms with Gasteiger partial charge in [-0.25, -0.2) is 4.39 Å². The highest BCUT2D eigenvalue weighted by Gasteiger charge is 2.09. The molecule has 0 saturated carbocycles. The fourth-order valence-corrected chi connectivity index (χ4v) is 1.74. The molecule has 0 spiro atoms. The van der Waals surface area contributed by atoms with E-state index in [0.717, 1.165) is 12.0 Å². The summed E-state index contributed by atoms with van der Waals surface area (Å²) in [5.74, 6) is -0.0930. The molecule has 3 nitrogen and oxygen atoms in total. The molecule has 102 valence electrons. The van der Waals surface area contributed by atoms with E-state index in [0.29, 0.717) is 13.0 Å².